The van der Waals surface area contributed by atoms with Crippen molar-refractivity contribution in [3.63, 3.8) is 0 Å². The summed E-state index contributed by atoms with van der Waals surface area (Å²) in [6, 6.07) is 0. The molecule has 2 amide bonds. The van der Waals surface area contributed by atoms with Gasteiger partial charge in [-0.1, -0.05) is 0 Å². The molecule has 0 bridgehead atoms. The van der Waals surface area contributed by atoms with Crippen LogP contribution in [0.25, 0.3) is 0 Å². The Hall–Kier alpha value is -5.49. The molecule has 0 spiro atoms. The first-order valence-corrected chi connectivity index (χ1v) is 41.6. The number of hydrogen-bond acceptors (Lipinski definition) is 33. The number of amides is 2. The molecule has 2 saturated heterocycles. The van der Waals surface area contributed by atoms with Crippen LogP contribution in [-0.4, -0.2) is 445 Å². The van der Waals surface area contributed by atoms with Crippen molar-refractivity contribution < 1.29 is 119 Å². The van der Waals surface area contributed by atoms with Crippen LogP contribution < -0.4 is 10.6 Å². The molecule has 2 rings (SSSR count). The molecule has 117 heavy (non-hydrogen) atoms. The zero-order valence-corrected chi connectivity index (χ0v) is 74.7. The lowest BCUT2D eigenvalue weighted by Gasteiger charge is -2.34. The molecule has 36 heteroatoms. The number of esters is 6. The average Bonchev–Trinajstić information content (AvgIpc) is 0.884. The average molecular weight is 1680 g/mol. The van der Waals surface area contributed by atoms with Crippen LogP contribution in [0.4, 0.5) is 0 Å². The molecule has 0 radical (unpaired) electrons. The zero-order chi connectivity index (χ0) is 87.4. The van der Waals surface area contributed by atoms with Crippen LogP contribution in [0.2, 0.25) is 0 Å². The van der Waals surface area contributed by atoms with Crippen molar-refractivity contribution >= 4 is 53.6 Å². The Kier molecular flexibility index (Phi) is 54.5. The first-order valence-electron chi connectivity index (χ1n) is 41.6. The van der Waals surface area contributed by atoms with E-state index in [1.807, 2.05) is 164 Å². The number of carboxylic acid groups (broad SMARTS) is 1. The maximum Gasteiger partial charge on any atom is 0.320 e. The van der Waals surface area contributed by atoms with Gasteiger partial charge < -0.3 is 86.8 Å². The van der Waals surface area contributed by atoms with Crippen LogP contribution in [0.3, 0.4) is 0 Å². The van der Waals surface area contributed by atoms with E-state index in [4.69, 9.17) is 76.2 Å². The van der Waals surface area contributed by atoms with Gasteiger partial charge in [0.1, 0.15) is 33.6 Å². The van der Waals surface area contributed by atoms with E-state index in [0.717, 1.165) is 0 Å². The van der Waals surface area contributed by atoms with Crippen molar-refractivity contribution in [3.05, 3.63) is 0 Å². The second kappa shape index (κ2) is 59.3. The summed E-state index contributed by atoms with van der Waals surface area (Å²) in [5, 5.41) is 14.7. The van der Waals surface area contributed by atoms with Crippen LogP contribution in [0.15, 0.2) is 0 Å². The van der Waals surface area contributed by atoms with E-state index < -0.39 is 39.6 Å². The fraction of sp³-hybridized carbons (Fsp3) is 0.889. The summed E-state index contributed by atoms with van der Waals surface area (Å²) in [5.74, 6) is -3.63. The van der Waals surface area contributed by atoms with E-state index in [1.165, 1.54) is 0 Å². The molecule has 0 atom stereocenters. The number of aliphatic carboxylic acids is 1. The van der Waals surface area contributed by atoms with Crippen LogP contribution in [-0.2, 0) is 114 Å². The Balaban J connectivity index is 1.88. The number of hydrogen-bond donors (Lipinski definition) is 3. The minimum absolute atomic E-state index is 0.0148. The highest BCUT2D eigenvalue weighted by atomic mass is 16.6. The number of carbonyl (C=O) groups is 9. The van der Waals surface area contributed by atoms with Gasteiger partial charge >= 0.3 is 41.8 Å². The third-order valence-electron chi connectivity index (χ3n) is 16.7. The second-order valence-electron chi connectivity index (χ2n) is 34.9. The molecule has 2 heterocycles. The Morgan fingerprint density at radius 2 is 0.410 bits per heavy atom. The number of rotatable bonds is 52. The summed E-state index contributed by atoms with van der Waals surface area (Å²) in [4.78, 5) is 134. The van der Waals surface area contributed by atoms with Crippen molar-refractivity contribution in [2.24, 2.45) is 0 Å². The monoisotopic (exact) mass is 1680 g/mol. The Morgan fingerprint density at radius 3 is 0.590 bits per heavy atom. The maximum absolute atomic E-state index is 13.5. The number of nitrogens with one attached hydrogen (secondary N) is 2. The molecule has 0 aromatic carbocycles. The van der Waals surface area contributed by atoms with E-state index in [9.17, 15) is 43.2 Å². The molecular weight excluding hydrogens is 1530 g/mol. The van der Waals surface area contributed by atoms with Crippen molar-refractivity contribution in [1.29, 1.82) is 0 Å². The number of nitrogens with zero attached hydrogens (tertiary/aromatic N) is 9. The van der Waals surface area contributed by atoms with Crippen molar-refractivity contribution in [2.45, 2.75) is 165 Å². The fourth-order valence-electron chi connectivity index (χ4n) is 11.5. The van der Waals surface area contributed by atoms with Gasteiger partial charge in [0, 0.05) is 137 Å². The lowest BCUT2D eigenvalue weighted by molar-refractivity contribution is -0.158. The van der Waals surface area contributed by atoms with Gasteiger partial charge in [-0.15, -0.1) is 0 Å². The number of ether oxygens (including phenoxy) is 15. The summed E-state index contributed by atoms with van der Waals surface area (Å²) >= 11 is 0. The normalized spacial score (nSPS) is 16.4. The van der Waals surface area contributed by atoms with Gasteiger partial charge in [-0.25, -0.2) is 0 Å². The Morgan fingerprint density at radius 1 is 0.248 bits per heavy atom. The minimum atomic E-state index is -0.921. The van der Waals surface area contributed by atoms with Gasteiger partial charge in [0.15, 0.2) is 0 Å². The molecule has 682 valence electrons. The van der Waals surface area contributed by atoms with Gasteiger partial charge in [0.05, 0.1) is 178 Å². The summed E-state index contributed by atoms with van der Waals surface area (Å²) in [5.41, 5.74) is -4.09. The van der Waals surface area contributed by atoms with Crippen molar-refractivity contribution in [1.82, 2.24) is 54.7 Å². The third-order valence-corrected chi connectivity index (χ3v) is 16.7. The summed E-state index contributed by atoms with van der Waals surface area (Å²) in [6.45, 7) is 47.9. The minimum Gasteiger partial charge on any atom is -0.481 e. The molecule has 0 saturated carbocycles. The van der Waals surface area contributed by atoms with E-state index in [-0.39, 0.29) is 146 Å². The third kappa shape index (κ3) is 65.9. The first kappa shape index (κ1) is 108. The van der Waals surface area contributed by atoms with Crippen molar-refractivity contribution in [3.8, 4) is 0 Å². The van der Waals surface area contributed by atoms with E-state index in [0.29, 0.717) is 217 Å². The molecule has 3 N–H and O–H groups in total. The SMILES string of the molecule is CC(C)(C)OC(=O)CN1CCN(CC(=O)NCCOCCOCCOCCN(CCOCCOCCOCCNC(=O)CN2CCN(CC(=O)OC(C)(C)C)CCN(CC(=O)OC(C)(C)C)CCN(CC(=O)OC(C)(C)C)CC2)CCOCCOCCOCCC(=O)O)CCN(CC(=O)OC(C)(C)C)CCN(CC(=O)OC(C)(C)C)CC1. The molecule has 2 aliphatic rings. The second-order valence-corrected chi connectivity index (χ2v) is 34.9. The zero-order valence-electron chi connectivity index (χ0n) is 74.7. The summed E-state index contributed by atoms with van der Waals surface area (Å²) in [6.07, 6.45) is -0.0685. The van der Waals surface area contributed by atoms with Crippen LogP contribution in [0.5, 0.6) is 0 Å². The summed E-state index contributed by atoms with van der Waals surface area (Å²) < 4.78 is 85.7. The van der Waals surface area contributed by atoms with E-state index in [2.05, 4.69) is 15.5 Å². The standard InChI is InChI=1S/C81H153N11O25/c1-76(2,3)112-70(97)61-87-26-22-85(23-27-88(62-71(98)113-77(4,5)6)31-35-91(34-30-87)65-74(101)116-80(13,14)15)59-67(93)82-20-42-104-48-54-110-57-51-107-45-39-84(38-44-106-50-56-109-53-47-103-41-19-69(95)96)40-46-108-52-58-111-55-49-105-43-21-83-68(94)60-86-24-28-89(63-72(99)114-78(7,8)9)32-36-92(66-75(102)117-81(16,17)18)37-33-90(29-25-86)64-73(100)115-79(10,11)12/h19-66H2,1-18H3,(H,82,93)(H,83,94)(H,95,96). The molecule has 0 aromatic heterocycles. The fourth-order valence-corrected chi connectivity index (χ4v) is 11.5. The first-order chi connectivity index (χ1) is 54.9. The Labute approximate surface area is 698 Å². The van der Waals surface area contributed by atoms with Gasteiger partial charge in [-0.2, -0.15) is 0 Å². The summed E-state index contributed by atoms with van der Waals surface area (Å²) in [7, 11) is 0. The smallest absolute Gasteiger partial charge is 0.320 e. The largest absolute Gasteiger partial charge is 0.481 e. The van der Waals surface area contributed by atoms with Gasteiger partial charge in [-0.05, 0) is 125 Å². The van der Waals surface area contributed by atoms with Crippen molar-refractivity contribution in [2.75, 3.05) is 309 Å². The van der Waals surface area contributed by atoms with E-state index in [1.54, 1.807) is 0 Å². The molecule has 0 aliphatic carbocycles. The van der Waals surface area contributed by atoms with Gasteiger partial charge in [-0.3, -0.25) is 87.3 Å². The maximum atomic E-state index is 13.5. The van der Waals surface area contributed by atoms with Crippen LogP contribution in [0.1, 0.15) is 131 Å². The predicted molar refractivity (Wildman–Crippen MR) is 439 cm³/mol. The number of carbonyl (C=O) groups excluding carboxylic acids is 8. The quantitative estimate of drug-likeness (QED) is 0.0443. The molecule has 0 aromatic rings. The van der Waals surface area contributed by atoms with Crippen LogP contribution >= 0.6 is 0 Å². The Bertz CT molecular complexity index is 2520. The van der Waals surface area contributed by atoms with Gasteiger partial charge in [0.25, 0.3) is 0 Å². The van der Waals surface area contributed by atoms with Crippen LogP contribution in [0, 0.1) is 0 Å². The molecule has 2 aliphatic heterocycles. The molecule has 0 unspecified atom stereocenters. The lowest BCUT2D eigenvalue weighted by atomic mass is 10.2. The highest BCUT2D eigenvalue weighted by molar-refractivity contribution is 5.79. The topological polar surface area (TPSA) is 366 Å². The lowest BCUT2D eigenvalue weighted by Crippen LogP contribution is -2.50. The number of carboxylic acids is 1. The highest BCUT2D eigenvalue weighted by Crippen LogP contribution is 2.15. The van der Waals surface area contributed by atoms with Gasteiger partial charge in [0.2, 0.25) is 11.8 Å². The van der Waals surface area contributed by atoms with E-state index >= 15 is 0 Å². The molecule has 36 nitrogen and oxygen atoms in total. The molecule has 2 fully saturated rings. The molecular formula is C81H153N11O25. The highest BCUT2D eigenvalue weighted by Gasteiger charge is 2.30. The predicted octanol–water partition coefficient (Wildman–Crippen LogP) is 1.64.